The minimum Gasteiger partial charge on any atom is -0.337 e. The summed E-state index contributed by atoms with van der Waals surface area (Å²) in [4.78, 5) is 15.0. The average Bonchev–Trinajstić information content (AvgIpc) is 2.90. The van der Waals surface area contributed by atoms with Crippen LogP contribution in [0.15, 0.2) is 24.3 Å². The molecule has 2 heterocycles. The van der Waals surface area contributed by atoms with Crippen LogP contribution >= 0.6 is 11.6 Å². The highest BCUT2D eigenvalue weighted by Crippen LogP contribution is 2.20. The molecule has 1 fully saturated rings. The van der Waals surface area contributed by atoms with Crippen molar-refractivity contribution in [2.45, 2.75) is 39.3 Å². The molecule has 0 radical (unpaired) electrons. The van der Waals surface area contributed by atoms with Gasteiger partial charge in [0.1, 0.15) is 0 Å². The van der Waals surface area contributed by atoms with Crippen molar-refractivity contribution in [1.29, 1.82) is 0 Å². The zero-order chi connectivity index (χ0) is 18.0. The van der Waals surface area contributed by atoms with Crippen LogP contribution in [0.25, 0.3) is 0 Å². The van der Waals surface area contributed by atoms with Crippen molar-refractivity contribution < 1.29 is 4.79 Å². The van der Waals surface area contributed by atoms with Crippen LogP contribution in [-0.2, 0) is 6.54 Å². The van der Waals surface area contributed by atoms with Gasteiger partial charge in [-0.3, -0.25) is 9.48 Å². The maximum Gasteiger partial charge on any atom is 0.257 e. The van der Waals surface area contributed by atoms with Crippen LogP contribution in [0.1, 0.15) is 40.2 Å². The Kier molecular flexibility index (Phi) is 5.45. The van der Waals surface area contributed by atoms with Crippen LogP contribution in [0.4, 0.5) is 0 Å². The summed E-state index contributed by atoms with van der Waals surface area (Å²) in [5.41, 5.74) is 3.57. The normalized spacial score (nSPS) is 17.8. The van der Waals surface area contributed by atoms with Gasteiger partial charge in [0.15, 0.2) is 0 Å². The number of aryl methyl sites for hydroxylation is 1. The highest BCUT2D eigenvalue weighted by Gasteiger charge is 2.27. The zero-order valence-electron chi connectivity index (χ0n) is 15.1. The van der Waals surface area contributed by atoms with Gasteiger partial charge in [-0.05, 0) is 51.4 Å². The van der Waals surface area contributed by atoms with Crippen LogP contribution in [0.3, 0.4) is 0 Å². The molecule has 0 aliphatic carbocycles. The zero-order valence-corrected chi connectivity index (χ0v) is 15.8. The van der Waals surface area contributed by atoms with Gasteiger partial charge in [-0.25, -0.2) is 0 Å². The summed E-state index contributed by atoms with van der Waals surface area (Å²) in [6.45, 7) is 6.10. The quantitative estimate of drug-likeness (QED) is 0.911. The fraction of sp³-hybridized carbons (Fsp3) is 0.474. The molecule has 3 rings (SSSR count). The fourth-order valence-electron chi connectivity index (χ4n) is 3.48. The highest BCUT2D eigenvalue weighted by molar-refractivity contribution is 6.30. The molecule has 1 aromatic heterocycles. The second-order valence-corrected chi connectivity index (χ2v) is 7.15. The van der Waals surface area contributed by atoms with Gasteiger partial charge in [0.25, 0.3) is 5.91 Å². The predicted molar refractivity (Wildman–Crippen MR) is 100 cm³/mol. The summed E-state index contributed by atoms with van der Waals surface area (Å²) >= 11 is 5.95. The SMILES string of the molecule is CNC1CCCN(C(=O)c2c(C)nn(Cc3ccc(Cl)cc3)c2C)C1. The lowest BCUT2D eigenvalue weighted by Crippen LogP contribution is -2.47. The standard InChI is InChI=1S/C19H25ClN4O/c1-13-18(19(25)23-10-4-5-17(12-23)21-3)14(2)24(22-13)11-15-6-8-16(20)9-7-15/h6-9,17,21H,4-5,10-12H2,1-3H3. The lowest BCUT2D eigenvalue weighted by atomic mass is 10.0. The molecule has 1 aliphatic heterocycles. The molecule has 1 N–H and O–H groups in total. The third-order valence-electron chi connectivity index (χ3n) is 4.96. The maximum atomic E-state index is 13.0. The molecule has 134 valence electrons. The summed E-state index contributed by atoms with van der Waals surface area (Å²) in [5.74, 6) is 0.0947. The Morgan fingerprint density at radius 1 is 1.32 bits per heavy atom. The van der Waals surface area contributed by atoms with Crippen molar-refractivity contribution in [2.75, 3.05) is 20.1 Å². The molecule has 1 unspecified atom stereocenters. The number of hydrogen-bond donors (Lipinski definition) is 1. The molecule has 25 heavy (non-hydrogen) atoms. The molecule has 1 aliphatic rings. The summed E-state index contributed by atoms with van der Waals surface area (Å²) < 4.78 is 1.91. The van der Waals surface area contributed by atoms with Crippen LogP contribution in [0.2, 0.25) is 5.02 Å². The second kappa shape index (κ2) is 7.58. The van der Waals surface area contributed by atoms with E-state index in [4.69, 9.17) is 11.6 Å². The van der Waals surface area contributed by atoms with Crippen LogP contribution in [0, 0.1) is 13.8 Å². The van der Waals surface area contributed by atoms with Gasteiger partial charge < -0.3 is 10.2 Å². The summed E-state index contributed by atoms with van der Waals surface area (Å²) in [6.07, 6.45) is 2.16. The van der Waals surface area contributed by atoms with E-state index >= 15 is 0 Å². The minimum absolute atomic E-state index is 0.0947. The second-order valence-electron chi connectivity index (χ2n) is 6.71. The number of aromatic nitrogens is 2. The smallest absolute Gasteiger partial charge is 0.257 e. The van der Waals surface area contributed by atoms with E-state index in [1.54, 1.807) is 0 Å². The molecule has 1 atom stereocenters. The monoisotopic (exact) mass is 360 g/mol. The molecule has 0 bridgehead atoms. The van der Waals surface area contributed by atoms with Gasteiger partial charge in [0, 0.05) is 29.8 Å². The first-order valence-electron chi connectivity index (χ1n) is 8.74. The van der Waals surface area contributed by atoms with E-state index in [1.807, 2.05) is 54.7 Å². The molecular formula is C19H25ClN4O. The van der Waals surface area contributed by atoms with E-state index in [1.165, 1.54) is 0 Å². The topological polar surface area (TPSA) is 50.2 Å². The first kappa shape index (κ1) is 18.0. The summed E-state index contributed by atoms with van der Waals surface area (Å²) in [6, 6.07) is 8.10. The lowest BCUT2D eigenvalue weighted by Gasteiger charge is -2.32. The summed E-state index contributed by atoms with van der Waals surface area (Å²) in [7, 11) is 1.96. The number of amides is 1. The molecule has 2 aromatic rings. The number of likely N-dealkylation sites (tertiary alicyclic amines) is 1. The average molecular weight is 361 g/mol. The largest absolute Gasteiger partial charge is 0.337 e. The molecular weight excluding hydrogens is 336 g/mol. The van der Waals surface area contributed by atoms with Crippen molar-refractivity contribution in [2.24, 2.45) is 0 Å². The lowest BCUT2D eigenvalue weighted by molar-refractivity contribution is 0.0696. The number of benzene rings is 1. The molecule has 5 nitrogen and oxygen atoms in total. The number of carbonyl (C=O) groups is 1. The van der Waals surface area contributed by atoms with E-state index in [2.05, 4.69) is 10.4 Å². The highest BCUT2D eigenvalue weighted by atomic mass is 35.5. The fourth-order valence-corrected chi connectivity index (χ4v) is 3.60. The molecule has 1 aromatic carbocycles. The number of rotatable bonds is 4. The third kappa shape index (κ3) is 3.88. The number of nitrogens with one attached hydrogen (secondary N) is 1. The van der Waals surface area contributed by atoms with Gasteiger partial charge in [-0.2, -0.15) is 5.10 Å². The molecule has 0 spiro atoms. The van der Waals surface area contributed by atoms with E-state index in [9.17, 15) is 4.79 Å². The predicted octanol–water partition coefficient (Wildman–Crippen LogP) is 3.03. The Bertz CT molecular complexity index is 754. The van der Waals surface area contributed by atoms with Crippen LogP contribution in [0.5, 0.6) is 0 Å². The Morgan fingerprint density at radius 2 is 2.04 bits per heavy atom. The summed E-state index contributed by atoms with van der Waals surface area (Å²) in [5, 5.41) is 8.61. The third-order valence-corrected chi connectivity index (χ3v) is 5.21. The van der Waals surface area contributed by atoms with Gasteiger partial charge >= 0.3 is 0 Å². The Morgan fingerprint density at radius 3 is 2.72 bits per heavy atom. The number of nitrogens with zero attached hydrogens (tertiary/aromatic N) is 3. The van der Waals surface area contributed by atoms with Gasteiger partial charge in [-0.15, -0.1) is 0 Å². The number of piperidine rings is 1. The minimum atomic E-state index is 0.0947. The Balaban J connectivity index is 1.81. The van der Waals surface area contributed by atoms with Crippen molar-refractivity contribution in [3.05, 3.63) is 51.8 Å². The van der Waals surface area contributed by atoms with Crippen molar-refractivity contribution in [3.8, 4) is 0 Å². The van der Waals surface area contributed by atoms with Gasteiger partial charge in [0.05, 0.1) is 17.8 Å². The number of carbonyl (C=O) groups excluding carboxylic acids is 1. The van der Waals surface area contributed by atoms with Crippen LogP contribution < -0.4 is 5.32 Å². The molecule has 0 saturated carbocycles. The molecule has 6 heteroatoms. The Labute approximate surface area is 154 Å². The number of hydrogen-bond acceptors (Lipinski definition) is 3. The van der Waals surface area contributed by atoms with E-state index in [0.29, 0.717) is 12.6 Å². The van der Waals surface area contributed by atoms with Crippen molar-refractivity contribution in [3.63, 3.8) is 0 Å². The first-order chi connectivity index (χ1) is 12.0. The Hall–Kier alpha value is -1.85. The molecule has 1 saturated heterocycles. The number of halogens is 1. The van der Waals surface area contributed by atoms with Crippen molar-refractivity contribution in [1.82, 2.24) is 20.0 Å². The van der Waals surface area contributed by atoms with Gasteiger partial charge in [0.2, 0.25) is 0 Å². The van der Waals surface area contributed by atoms with E-state index in [-0.39, 0.29) is 5.91 Å². The first-order valence-corrected chi connectivity index (χ1v) is 9.12. The van der Waals surface area contributed by atoms with E-state index < -0.39 is 0 Å². The van der Waals surface area contributed by atoms with Crippen molar-refractivity contribution >= 4 is 17.5 Å². The van der Waals surface area contributed by atoms with Crippen LogP contribution in [-0.4, -0.2) is 46.8 Å². The number of likely N-dealkylation sites (N-methyl/N-ethyl adjacent to an activating group) is 1. The van der Waals surface area contributed by atoms with Gasteiger partial charge in [-0.1, -0.05) is 23.7 Å². The maximum absolute atomic E-state index is 13.0. The molecule has 1 amide bonds. The van der Waals surface area contributed by atoms with E-state index in [0.717, 1.165) is 53.5 Å².